The largest absolute Gasteiger partial charge is 0.325 e. The van der Waals surface area contributed by atoms with Crippen molar-refractivity contribution < 1.29 is 9.59 Å². The SMILES string of the molecule is Cc1cccc(CSCC(=O)Nc2cccc(C(=O)Nc3ccccc3)c2C)c1. The Labute approximate surface area is 175 Å². The summed E-state index contributed by atoms with van der Waals surface area (Å²) in [6, 6.07) is 23.0. The summed E-state index contributed by atoms with van der Waals surface area (Å²) in [7, 11) is 0. The lowest BCUT2D eigenvalue weighted by Crippen LogP contribution is -2.18. The van der Waals surface area contributed by atoms with Gasteiger partial charge in [-0.3, -0.25) is 9.59 Å². The fraction of sp³-hybridized carbons (Fsp3) is 0.167. The van der Waals surface area contributed by atoms with Crippen LogP contribution in [0, 0.1) is 13.8 Å². The molecule has 3 rings (SSSR count). The number of carbonyl (C=O) groups is 2. The van der Waals surface area contributed by atoms with Crippen LogP contribution in [0.5, 0.6) is 0 Å². The lowest BCUT2D eigenvalue weighted by atomic mass is 10.1. The van der Waals surface area contributed by atoms with Gasteiger partial charge in [0.1, 0.15) is 0 Å². The minimum Gasteiger partial charge on any atom is -0.325 e. The normalized spacial score (nSPS) is 10.4. The Hall–Kier alpha value is -3.05. The molecule has 3 aromatic carbocycles. The molecule has 0 atom stereocenters. The van der Waals surface area contributed by atoms with E-state index >= 15 is 0 Å². The summed E-state index contributed by atoms with van der Waals surface area (Å²) in [6.45, 7) is 3.90. The van der Waals surface area contributed by atoms with Crippen molar-refractivity contribution in [1.82, 2.24) is 0 Å². The molecule has 3 aromatic rings. The molecule has 29 heavy (non-hydrogen) atoms. The fourth-order valence-corrected chi connectivity index (χ4v) is 3.76. The summed E-state index contributed by atoms with van der Waals surface area (Å²) in [5, 5.41) is 5.81. The van der Waals surface area contributed by atoms with Crippen molar-refractivity contribution in [2.45, 2.75) is 19.6 Å². The molecule has 0 spiro atoms. The zero-order valence-corrected chi connectivity index (χ0v) is 17.4. The molecular weight excluding hydrogens is 380 g/mol. The summed E-state index contributed by atoms with van der Waals surface area (Å²) < 4.78 is 0. The molecule has 0 saturated heterocycles. The van der Waals surface area contributed by atoms with Crippen molar-refractivity contribution in [1.29, 1.82) is 0 Å². The summed E-state index contributed by atoms with van der Waals surface area (Å²) in [5.41, 5.74) is 5.11. The summed E-state index contributed by atoms with van der Waals surface area (Å²) >= 11 is 1.57. The molecule has 0 bridgehead atoms. The van der Waals surface area contributed by atoms with E-state index in [1.807, 2.05) is 49.4 Å². The zero-order chi connectivity index (χ0) is 20.6. The van der Waals surface area contributed by atoms with Gasteiger partial charge in [0.25, 0.3) is 5.91 Å². The molecule has 0 heterocycles. The minimum absolute atomic E-state index is 0.0774. The first-order chi connectivity index (χ1) is 14.0. The topological polar surface area (TPSA) is 58.2 Å². The van der Waals surface area contributed by atoms with Crippen molar-refractivity contribution >= 4 is 35.0 Å². The molecule has 0 unspecified atom stereocenters. The standard InChI is InChI=1S/C24H24N2O2S/c1-17-8-6-9-19(14-17)15-29-16-23(27)26-22-13-7-12-21(18(22)2)24(28)25-20-10-4-3-5-11-20/h3-14H,15-16H2,1-2H3,(H,25,28)(H,26,27). The highest BCUT2D eigenvalue weighted by Gasteiger charge is 2.13. The van der Waals surface area contributed by atoms with E-state index in [1.165, 1.54) is 11.1 Å². The quantitative estimate of drug-likeness (QED) is 0.552. The van der Waals surface area contributed by atoms with Crippen molar-refractivity contribution in [3.8, 4) is 0 Å². The third-order valence-corrected chi connectivity index (χ3v) is 5.47. The van der Waals surface area contributed by atoms with Gasteiger partial charge in [-0.25, -0.2) is 0 Å². The number of anilines is 2. The average molecular weight is 405 g/mol. The Morgan fingerprint density at radius 3 is 2.38 bits per heavy atom. The highest BCUT2D eigenvalue weighted by Crippen LogP contribution is 2.21. The van der Waals surface area contributed by atoms with Gasteiger partial charge >= 0.3 is 0 Å². The van der Waals surface area contributed by atoms with Crippen LogP contribution in [0.4, 0.5) is 11.4 Å². The smallest absolute Gasteiger partial charge is 0.256 e. The number of aryl methyl sites for hydroxylation is 1. The van der Waals surface area contributed by atoms with Crippen LogP contribution in [0.25, 0.3) is 0 Å². The van der Waals surface area contributed by atoms with Crippen LogP contribution in [0.2, 0.25) is 0 Å². The van der Waals surface area contributed by atoms with Crippen molar-refractivity contribution in [3.05, 3.63) is 95.1 Å². The predicted molar refractivity (Wildman–Crippen MR) is 122 cm³/mol. The number of benzene rings is 3. The van der Waals surface area contributed by atoms with Gasteiger partial charge in [-0.05, 0) is 49.2 Å². The lowest BCUT2D eigenvalue weighted by molar-refractivity contribution is -0.113. The van der Waals surface area contributed by atoms with Crippen LogP contribution in [0.15, 0.2) is 72.8 Å². The maximum atomic E-state index is 12.6. The highest BCUT2D eigenvalue weighted by molar-refractivity contribution is 7.99. The predicted octanol–water partition coefficient (Wildman–Crippen LogP) is 5.43. The molecule has 0 fully saturated rings. The average Bonchev–Trinajstić information content (AvgIpc) is 2.70. The second kappa shape index (κ2) is 9.94. The molecule has 0 aliphatic carbocycles. The number of para-hydroxylation sites is 1. The molecule has 0 aliphatic rings. The van der Waals surface area contributed by atoms with Crippen LogP contribution in [-0.2, 0) is 10.5 Å². The molecule has 0 saturated carbocycles. The Bertz CT molecular complexity index is 1000. The van der Waals surface area contributed by atoms with Gasteiger partial charge in [0, 0.05) is 22.7 Å². The number of hydrogen-bond acceptors (Lipinski definition) is 3. The first-order valence-corrected chi connectivity index (χ1v) is 10.6. The van der Waals surface area contributed by atoms with E-state index in [0.717, 1.165) is 17.0 Å². The lowest BCUT2D eigenvalue weighted by Gasteiger charge is -2.13. The second-order valence-electron chi connectivity index (χ2n) is 6.83. The highest BCUT2D eigenvalue weighted by atomic mass is 32.2. The Morgan fingerprint density at radius 1 is 0.862 bits per heavy atom. The van der Waals surface area contributed by atoms with E-state index in [9.17, 15) is 9.59 Å². The summed E-state index contributed by atoms with van der Waals surface area (Å²) in [5.74, 6) is 0.867. The zero-order valence-electron chi connectivity index (χ0n) is 16.6. The molecule has 0 aliphatic heterocycles. The number of carbonyl (C=O) groups excluding carboxylic acids is 2. The van der Waals surface area contributed by atoms with E-state index in [4.69, 9.17) is 0 Å². The van der Waals surface area contributed by atoms with Crippen LogP contribution in [0.3, 0.4) is 0 Å². The third kappa shape index (κ3) is 5.96. The van der Waals surface area contributed by atoms with Crippen LogP contribution >= 0.6 is 11.8 Å². The van der Waals surface area contributed by atoms with Gasteiger partial charge in [-0.1, -0.05) is 54.1 Å². The van der Waals surface area contributed by atoms with Gasteiger partial charge in [-0.2, -0.15) is 0 Å². The van der Waals surface area contributed by atoms with Gasteiger partial charge in [0.05, 0.1) is 5.75 Å². The Kier molecular flexibility index (Phi) is 7.09. The number of thioether (sulfide) groups is 1. The van der Waals surface area contributed by atoms with Crippen molar-refractivity contribution in [2.24, 2.45) is 0 Å². The van der Waals surface area contributed by atoms with Gasteiger partial charge in [0.2, 0.25) is 5.91 Å². The Balaban J connectivity index is 1.58. The number of hydrogen-bond donors (Lipinski definition) is 2. The molecular formula is C24H24N2O2S. The maximum Gasteiger partial charge on any atom is 0.256 e. The molecule has 5 heteroatoms. The first-order valence-electron chi connectivity index (χ1n) is 9.42. The molecule has 2 amide bonds. The molecule has 148 valence electrons. The molecule has 2 N–H and O–H groups in total. The monoisotopic (exact) mass is 404 g/mol. The van der Waals surface area contributed by atoms with E-state index < -0.39 is 0 Å². The van der Waals surface area contributed by atoms with E-state index in [-0.39, 0.29) is 11.8 Å². The first kappa shape index (κ1) is 20.7. The molecule has 0 aromatic heterocycles. The number of rotatable bonds is 7. The maximum absolute atomic E-state index is 12.6. The third-order valence-electron chi connectivity index (χ3n) is 4.47. The van der Waals surface area contributed by atoms with Crippen LogP contribution in [-0.4, -0.2) is 17.6 Å². The van der Waals surface area contributed by atoms with Crippen molar-refractivity contribution in [2.75, 3.05) is 16.4 Å². The molecule has 0 radical (unpaired) electrons. The number of amides is 2. The van der Waals surface area contributed by atoms with Gasteiger partial charge in [0.15, 0.2) is 0 Å². The van der Waals surface area contributed by atoms with E-state index in [1.54, 1.807) is 23.9 Å². The summed E-state index contributed by atoms with van der Waals surface area (Å²) in [4.78, 5) is 25.0. The van der Waals surface area contributed by atoms with Gasteiger partial charge < -0.3 is 10.6 Å². The van der Waals surface area contributed by atoms with Crippen LogP contribution in [0.1, 0.15) is 27.0 Å². The van der Waals surface area contributed by atoms with E-state index in [2.05, 4.69) is 35.8 Å². The second-order valence-corrected chi connectivity index (χ2v) is 7.81. The fourth-order valence-electron chi connectivity index (χ4n) is 2.99. The summed E-state index contributed by atoms with van der Waals surface area (Å²) in [6.07, 6.45) is 0. The van der Waals surface area contributed by atoms with Crippen LogP contribution < -0.4 is 10.6 Å². The Morgan fingerprint density at radius 2 is 1.62 bits per heavy atom. The van der Waals surface area contributed by atoms with E-state index in [0.29, 0.717) is 17.0 Å². The molecule has 4 nitrogen and oxygen atoms in total. The number of nitrogens with one attached hydrogen (secondary N) is 2. The van der Waals surface area contributed by atoms with Crippen molar-refractivity contribution in [3.63, 3.8) is 0 Å². The van der Waals surface area contributed by atoms with Gasteiger partial charge in [-0.15, -0.1) is 11.8 Å². The minimum atomic E-state index is -0.196.